The molecule has 0 aliphatic heterocycles. The maximum atomic E-state index is 12.0. The Balaban J connectivity index is 1.83. The first-order valence-electron chi connectivity index (χ1n) is 7.26. The Kier molecular flexibility index (Phi) is 6.68. The number of aromatic amines is 1. The molecule has 2 rings (SSSR count). The minimum atomic E-state index is -0.401. The average Bonchev–Trinajstić information content (AvgIpc) is 2.59. The lowest BCUT2D eigenvalue weighted by molar-refractivity contribution is 0.0941. The number of carbonyl (C=O) groups excluding carboxylic acids is 1. The number of benzene rings is 1. The Morgan fingerprint density at radius 2 is 2.00 bits per heavy atom. The maximum Gasteiger partial charge on any atom is 0.270 e. The summed E-state index contributed by atoms with van der Waals surface area (Å²) in [6.07, 6.45) is 1.89. The minimum absolute atomic E-state index is 0.104. The van der Waals surface area contributed by atoms with Gasteiger partial charge in [-0.15, -0.1) is 0 Å². The van der Waals surface area contributed by atoms with Crippen LogP contribution in [0, 0.1) is 0 Å². The van der Waals surface area contributed by atoms with Crippen molar-refractivity contribution in [2.75, 3.05) is 26.5 Å². The van der Waals surface area contributed by atoms with Gasteiger partial charge in [0.15, 0.2) is 0 Å². The van der Waals surface area contributed by atoms with Gasteiger partial charge in [-0.3, -0.25) is 9.59 Å². The molecule has 2 aromatic rings. The molecule has 24 heavy (non-hydrogen) atoms. The molecule has 0 atom stereocenters. The van der Waals surface area contributed by atoms with Crippen LogP contribution >= 0.6 is 11.8 Å². The predicted molar refractivity (Wildman–Crippen MR) is 92.9 cm³/mol. The molecule has 0 saturated carbocycles. The van der Waals surface area contributed by atoms with Gasteiger partial charge in [0.2, 0.25) is 0 Å². The van der Waals surface area contributed by atoms with Crippen LogP contribution < -0.4 is 20.3 Å². The van der Waals surface area contributed by atoms with Crippen LogP contribution in [-0.4, -0.2) is 42.4 Å². The van der Waals surface area contributed by atoms with Crippen LogP contribution in [0.2, 0.25) is 0 Å². The number of hydrogen-bond donors (Lipinski definition) is 2. The van der Waals surface area contributed by atoms with E-state index in [-0.39, 0.29) is 11.3 Å². The van der Waals surface area contributed by atoms with Crippen molar-refractivity contribution in [1.29, 1.82) is 0 Å². The molecule has 0 unspecified atom stereocenters. The molecule has 0 fully saturated rings. The summed E-state index contributed by atoms with van der Waals surface area (Å²) in [5.41, 5.74) is -0.235. The van der Waals surface area contributed by atoms with E-state index < -0.39 is 5.91 Å². The lowest BCUT2D eigenvalue weighted by Crippen LogP contribution is -2.30. The number of H-pyrrole nitrogens is 1. The number of thioether (sulfide) groups is 1. The second-order valence-electron chi connectivity index (χ2n) is 4.79. The van der Waals surface area contributed by atoms with E-state index >= 15 is 0 Å². The number of nitrogens with one attached hydrogen (secondary N) is 2. The SMILES string of the molecule is COc1ccc(OCCNC(=O)c2cc(=O)[nH]c(CSC)n2)cc1. The number of methoxy groups -OCH3 is 1. The highest BCUT2D eigenvalue weighted by molar-refractivity contribution is 7.97. The molecule has 0 spiro atoms. The number of nitrogens with zero attached hydrogens (tertiary/aromatic N) is 1. The molecule has 2 N–H and O–H groups in total. The zero-order chi connectivity index (χ0) is 17.4. The van der Waals surface area contributed by atoms with Gasteiger partial charge in [0.05, 0.1) is 19.4 Å². The third kappa shape index (κ3) is 5.31. The van der Waals surface area contributed by atoms with E-state index in [0.29, 0.717) is 30.5 Å². The highest BCUT2D eigenvalue weighted by atomic mass is 32.2. The van der Waals surface area contributed by atoms with Gasteiger partial charge in [-0.1, -0.05) is 0 Å². The van der Waals surface area contributed by atoms with E-state index in [4.69, 9.17) is 9.47 Å². The van der Waals surface area contributed by atoms with Crippen LogP contribution in [0.5, 0.6) is 11.5 Å². The number of carbonyl (C=O) groups is 1. The lowest BCUT2D eigenvalue weighted by atomic mass is 10.3. The fourth-order valence-electron chi connectivity index (χ4n) is 1.93. The van der Waals surface area contributed by atoms with E-state index in [2.05, 4.69) is 15.3 Å². The normalized spacial score (nSPS) is 10.2. The molecule has 0 aliphatic carbocycles. The first-order valence-corrected chi connectivity index (χ1v) is 8.66. The van der Waals surface area contributed by atoms with Gasteiger partial charge in [0.1, 0.15) is 29.6 Å². The predicted octanol–water partition coefficient (Wildman–Crippen LogP) is 1.45. The van der Waals surface area contributed by atoms with Gasteiger partial charge >= 0.3 is 0 Å². The van der Waals surface area contributed by atoms with Crippen molar-refractivity contribution in [3.8, 4) is 11.5 Å². The van der Waals surface area contributed by atoms with E-state index in [1.54, 1.807) is 31.4 Å². The number of amides is 1. The molecule has 0 aliphatic rings. The van der Waals surface area contributed by atoms with E-state index in [9.17, 15) is 9.59 Å². The van der Waals surface area contributed by atoms with Crippen LogP contribution in [0.15, 0.2) is 35.1 Å². The van der Waals surface area contributed by atoms with Crippen molar-refractivity contribution in [1.82, 2.24) is 15.3 Å². The van der Waals surface area contributed by atoms with Crippen LogP contribution in [0.3, 0.4) is 0 Å². The molecule has 8 heteroatoms. The van der Waals surface area contributed by atoms with Crippen molar-refractivity contribution < 1.29 is 14.3 Å². The summed E-state index contributed by atoms with van der Waals surface area (Å²) >= 11 is 1.51. The molecule has 0 radical (unpaired) electrons. The molecule has 0 bridgehead atoms. The Labute approximate surface area is 143 Å². The summed E-state index contributed by atoms with van der Waals surface area (Å²) in [6, 6.07) is 8.34. The van der Waals surface area contributed by atoms with Gasteiger partial charge in [0.25, 0.3) is 11.5 Å². The Bertz CT molecular complexity index is 731. The summed E-state index contributed by atoms with van der Waals surface area (Å²) in [7, 11) is 1.60. The Morgan fingerprint density at radius 3 is 2.67 bits per heavy atom. The fraction of sp³-hybridized carbons (Fsp3) is 0.312. The summed E-state index contributed by atoms with van der Waals surface area (Å²) in [5, 5.41) is 2.68. The molecule has 0 saturated heterocycles. The summed E-state index contributed by atoms with van der Waals surface area (Å²) in [6.45, 7) is 0.607. The first kappa shape index (κ1) is 17.9. The minimum Gasteiger partial charge on any atom is -0.497 e. The van der Waals surface area contributed by atoms with Gasteiger partial charge in [0, 0.05) is 6.07 Å². The zero-order valence-electron chi connectivity index (χ0n) is 13.5. The molecule has 7 nitrogen and oxygen atoms in total. The largest absolute Gasteiger partial charge is 0.497 e. The standard InChI is InChI=1S/C16H19N3O4S/c1-22-11-3-5-12(6-4-11)23-8-7-17-16(21)13-9-15(20)19-14(18-13)10-24-2/h3-6,9H,7-8,10H2,1-2H3,(H,17,21)(H,18,19,20). The smallest absolute Gasteiger partial charge is 0.270 e. The monoisotopic (exact) mass is 349 g/mol. The topological polar surface area (TPSA) is 93.3 Å². The van der Waals surface area contributed by atoms with Gasteiger partial charge in [-0.2, -0.15) is 11.8 Å². The molecule has 1 aromatic carbocycles. The molecule has 1 amide bonds. The Hall–Kier alpha value is -2.48. The third-order valence-electron chi connectivity index (χ3n) is 3.02. The lowest BCUT2D eigenvalue weighted by Gasteiger charge is -2.08. The van der Waals surface area contributed by atoms with Crippen molar-refractivity contribution >= 4 is 17.7 Å². The highest BCUT2D eigenvalue weighted by Crippen LogP contribution is 2.16. The second-order valence-corrected chi connectivity index (χ2v) is 5.66. The number of aromatic nitrogens is 2. The number of ether oxygens (including phenoxy) is 2. The van der Waals surface area contributed by atoms with E-state index in [1.165, 1.54) is 17.8 Å². The second kappa shape index (κ2) is 8.97. The van der Waals surface area contributed by atoms with Gasteiger partial charge in [-0.05, 0) is 30.5 Å². The zero-order valence-corrected chi connectivity index (χ0v) is 14.3. The van der Waals surface area contributed by atoms with Crippen molar-refractivity contribution in [3.05, 3.63) is 52.2 Å². The first-order chi connectivity index (χ1) is 11.6. The maximum absolute atomic E-state index is 12.0. The number of rotatable bonds is 8. The van der Waals surface area contributed by atoms with Gasteiger partial charge in [-0.25, -0.2) is 4.98 Å². The van der Waals surface area contributed by atoms with E-state index in [1.807, 2.05) is 6.26 Å². The Morgan fingerprint density at radius 1 is 1.29 bits per heavy atom. The van der Waals surface area contributed by atoms with Crippen LogP contribution in [-0.2, 0) is 5.75 Å². The molecule has 1 heterocycles. The van der Waals surface area contributed by atoms with Crippen LogP contribution in [0.4, 0.5) is 0 Å². The van der Waals surface area contributed by atoms with Gasteiger partial charge < -0.3 is 19.8 Å². The third-order valence-corrected chi connectivity index (χ3v) is 3.58. The van der Waals surface area contributed by atoms with Crippen LogP contribution in [0.25, 0.3) is 0 Å². The summed E-state index contributed by atoms with van der Waals surface area (Å²) < 4.78 is 10.6. The molecular formula is C16H19N3O4S. The fourth-order valence-corrected chi connectivity index (χ4v) is 2.34. The summed E-state index contributed by atoms with van der Waals surface area (Å²) in [4.78, 5) is 30.3. The highest BCUT2D eigenvalue weighted by Gasteiger charge is 2.09. The quantitative estimate of drug-likeness (QED) is 0.701. The van der Waals surface area contributed by atoms with Crippen molar-refractivity contribution in [2.24, 2.45) is 0 Å². The van der Waals surface area contributed by atoms with Crippen LogP contribution in [0.1, 0.15) is 16.3 Å². The molecular weight excluding hydrogens is 330 g/mol. The van der Waals surface area contributed by atoms with E-state index in [0.717, 1.165) is 5.75 Å². The molecule has 128 valence electrons. The summed E-state index contributed by atoms with van der Waals surface area (Å²) in [5.74, 6) is 2.05. The molecule has 1 aromatic heterocycles. The average molecular weight is 349 g/mol. The van der Waals surface area contributed by atoms with Crippen molar-refractivity contribution in [3.63, 3.8) is 0 Å². The van der Waals surface area contributed by atoms with Crippen molar-refractivity contribution in [2.45, 2.75) is 5.75 Å². The number of hydrogen-bond acceptors (Lipinski definition) is 6.